The minimum atomic E-state index is 0.608. The Labute approximate surface area is 121 Å². The van der Waals surface area contributed by atoms with Crippen molar-refractivity contribution in [3.05, 3.63) is 29.8 Å². The van der Waals surface area contributed by atoms with Crippen LogP contribution in [0.5, 0.6) is 5.75 Å². The molecular formula is C16H23N3O. The lowest BCUT2D eigenvalue weighted by molar-refractivity contribution is 0.0781. The van der Waals surface area contributed by atoms with E-state index in [0.29, 0.717) is 24.0 Å². The zero-order valence-electron chi connectivity index (χ0n) is 12.4. The molecule has 108 valence electrons. The van der Waals surface area contributed by atoms with Gasteiger partial charge in [-0.3, -0.25) is 9.80 Å². The highest BCUT2D eigenvalue weighted by Gasteiger charge is 2.21. The van der Waals surface area contributed by atoms with Gasteiger partial charge in [0, 0.05) is 32.2 Å². The summed E-state index contributed by atoms with van der Waals surface area (Å²) >= 11 is 0. The van der Waals surface area contributed by atoms with Crippen molar-refractivity contribution in [1.29, 1.82) is 5.26 Å². The molecule has 1 unspecified atom stereocenters. The van der Waals surface area contributed by atoms with Gasteiger partial charge in [0.25, 0.3) is 0 Å². The van der Waals surface area contributed by atoms with Crippen molar-refractivity contribution in [3.63, 3.8) is 0 Å². The molecule has 1 atom stereocenters. The summed E-state index contributed by atoms with van der Waals surface area (Å²) < 4.78 is 5.74. The molecular weight excluding hydrogens is 250 g/mol. The van der Waals surface area contributed by atoms with Crippen LogP contribution in [0.4, 0.5) is 0 Å². The van der Waals surface area contributed by atoms with Gasteiger partial charge in [0.05, 0.1) is 5.56 Å². The van der Waals surface area contributed by atoms with Crippen molar-refractivity contribution < 1.29 is 4.74 Å². The predicted molar refractivity (Wildman–Crippen MR) is 79.8 cm³/mol. The van der Waals surface area contributed by atoms with Gasteiger partial charge >= 0.3 is 0 Å². The molecule has 2 rings (SSSR count). The number of piperazine rings is 1. The van der Waals surface area contributed by atoms with Crippen LogP contribution in [0.2, 0.25) is 0 Å². The molecule has 1 fully saturated rings. The molecule has 0 bridgehead atoms. The van der Waals surface area contributed by atoms with Crippen LogP contribution < -0.4 is 4.74 Å². The van der Waals surface area contributed by atoms with Crippen molar-refractivity contribution in [2.24, 2.45) is 0 Å². The number of ether oxygens (including phenoxy) is 1. The smallest absolute Gasteiger partial charge is 0.137 e. The maximum Gasteiger partial charge on any atom is 0.137 e. The molecule has 1 heterocycles. The molecule has 0 radical (unpaired) electrons. The molecule has 4 nitrogen and oxygen atoms in total. The van der Waals surface area contributed by atoms with Crippen LogP contribution in [0.15, 0.2) is 24.3 Å². The van der Waals surface area contributed by atoms with Gasteiger partial charge in [0.15, 0.2) is 0 Å². The van der Waals surface area contributed by atoms with Gasteiger partial charge in [0.2, 0.25) is 0 Å². The second kappa shape index (κ2) is 7.28. The van der Waals surface area contributed by atoms with Gasteiger partial charge in [-0.2, -0.15) is 5.26 Å². The van der Waals surface area contributed by atoms with Crippen LogP contribution in [-0.2, 0) is 0 Å². The monoisotopic (exact) mass is 273 g/mol. The normalized spacial score (nSPS) is 20.6. The molecule has 1 aromatic rings. The summed E-state index contributed by atoms with van der Waals surface area (Å²) in [6, 6.07) is 10.2. The number of hydrogen-bond acceptors (Lipinski definition) is 4. The zero-order chi connectivity index (χ0) is 14.4. The highest BCUT2D eigenvalue weighted by molar-refractivity contribution is 5.42. The van der Waals surface area contributed by atoms with Crippen molar-refractivity contribution >= 4 is 0 Å². The van der Waals surface area contributed by atoms with E-state index in [2.05, 4.69) is 29.7 Å². The number of rotatable bonds is 5. The molecule has 4 heteroatoms. The summed E-state index contributed by atoms with van der Waals surface area (Å²) in [7, 11) is 0. The lowest BCUT2D eigenvalue weighted by atomic mass is 10.2. The molecule has 1 aliphatic heterocycles. The second-order valence-electron chi connectivity index (χ2n) is 5.23. The topological polar surface area (TPSA) is 39.5 Å². The van der Waals surface area contributed by atoms with E-state index < -0.39 is 0 Å². The molecule has 0 N–H and O–H groups in total. The molecule has 0 saturated carbocycles. The molecule has 1 saturated heterocycles. The molecule has 1 aliphatic rings. The zero-order valence-corrected chi connectivity index (χ0v) is 12.4. The molecule has 0 aliphatic carbocycles. The summed E-state index contributed by atoms with van der Waals surface area (Å²) in [5.41, 5.74) is 0.608. The van der Waals surface area contributed by atoms with Crippen LogP contribution in [0.3, 0.4) is 0 Å². The Balaban J connectivity index is 1.78. The van der Waals surface area contributed by atoms with Crippen LogP contribution in [0, 0.1) is 11.3 Å². The fourth-order valence-corrected chi connectivity index (χ4v) is 2.71. The molecule has 20 heavy (non-hydrogen) atoms. The first-order valence-corrected chi connectivity index (χ1v) is 7.33. The van der Waals surface area contributed by atoms with E-state index in [1.54, 1.807) is 6.07 Å². The van der Waals surface area contributed by atoms with Crippen LogP contribution in [-0.4, -0.2) is 55.2 Å². The lowest BCUT2D eigenvalue weighted by Gasteiger charge is -2.39. The Kier molecular flexibility index (Phi) is 5.40. The third-order valence-corrected chi connectivity index (χ3v) is 3.93. The van der Waals surface area contributed by atoms with E-state index in [9.17, 15) is 0 Å². The van der Waals surface area contributed by atoms with Crippen LogP contribution in [0.25, 0.3) is 0 Å². The number of likely N-dealkylation sites (N-methyl/N-ethyl adjacent to an activating group) is 1. The van der Waals surface area contributed by atoms with Crippen molar-refractivity contribution in [1.82, 2.24) is 9.80 Å². The van der Waals surface area contributed by atoms with E-state index in [1.165, 1.54) is 0 Å². The second-order valence-corrected chi connectivity index (χ2v) is 5.23. The van der Waals surface area contributed by atoms with Crippen molar-refractivity contribution in [2.75, 3.05) is 39.3 Å². The Morgan fingerprint density at radius 3 is 2.85 bits per heavy atom. The van der Waals surface area contributed by atoms with Crippen LogP contribution in [0.1, 0.15) is 19.4 Å². The minimum absolute atomic E-state index is 0.608. The Hall–Kier alpha value is -1.57. The summed E-state index contributed by atoms with van der Waals surface area (Å²) in [6.45, 7) is 10.5. The number of nitriles is 1. The van der Waals surface area contributed by atoms with E-state index in [4.69, 9.17) is 10.00 Å². The van der Waals surface area contributed by atoms with Gasteiger partial charge < -0.3 is 4.74 Å². The number of para-hydroxylation sites is 1. The van der Waals surface area contributed by atoms with Gasteiger partial charge in [-0.1, -0.05) is 19.1 Å². The number of nitrogens with zero attached hydrogens (tertiary/aromatic N) is 3. The third-order valence-electron chi connectivity index (χ3n) is 3.93. The largest absolute Gasteiger partial charge is 0.491 e. The van der Waals surface area contributed by atoms with E-state index in [-0.39, 0.29) is 0 Å². The third kappa shape index (κ3) is 3.72. The van der Waals surface area contributed by atoms with Gasteiger partial charge in [-0.25, -0.2) is 0 Å². The summed E-state index contributed by atoms with van der Waals surface area (Å²) in [6.07, 6.45) is 0. The first-order chi connectivity index (χ1) is 9.74. The van der Waals surface area contributed by atoms with Crippen LogP contribution >= 0.6 is 0 Å². The fourth-order valence-electron chi connectivity index (χ4n) is 2.71. The number of hydrogen-bond donors (Lipinski definition) is 0. The average Bonchev–Trinajstić information content (AvgIpc) is 2.48. The maximum atomic E-state index is 9.01. The quantitative estimate of drug-likeness (QED) is 0.822. The van der Waals surface area contributed by atoms with Crippen molar-refractivity contribution in [2.45, 2.75) is 19.9 Å². The molecule has 1 aromatic carbocycles. The SMILES string of the molecule is CCN1CCN(CCOc2ccccc2C#N)CC1C. The Morgan fingerprint density at radius 1 is 1.35 bits per heavy atom. The summed E-state index contributed by atoms with van der Waals surface area (Å²) in [4.78, 5) is 4.94. The first-order valence-electron chi connectivity index (χ1n) is 7.33. The minimum Gasteiger partial charge on any atom is -0.491 e. The van der Waals surface area contributed by atoms with Gasteiger partial charge in [0.1, 0.15) is 18.4 Å². The highest BCUT2D eigenvalue weighted by Crippen LogP contribution is 2.16. The predicted octanol–water partition coefficient (Wildman–Crippen LogP) is 1.96. The molecule has 0 spiro atoms. The molecule has 0 amide bonds. The number of benzene rings is 1. The fraction of sp³-hybridized carbons (Fsp3) is 0.562. The molecule has 0 aromatic heterocycles. The lowest BCUT2D eigenvalue weighted by Crippen LogP contribution is -2.52. The van der Waals surface area contributed by atoms with Gasteiger partial charge in [-0.05, 0) is 25.6 Å². The summed E-state index contributed by atoms with van der Waals surface area (Å²) in [5, 5.41) is 9.01. The average molecular weight is 273 g/mol. The highest BCUT2D eigenvalue weighted by atomic mass is 16.5. The summed E-state index contributed by atoms with van der Waals surface area (Å²) in [5.74, 6) is 0.690. The standard InChI is InChI=1S/C16H23N3O/c1-3-19-9-8-18(13-14(19)2)10-11-20-16-7-5-4-6-15(16)12-17/h4-7,14H,3,8-11,13H2,1-2H3. The van der Waals surface area contributed by atoms with Crippen molar-refractivity contribution in [3.8, 4) is 11.8 Å². The maximum absolute atomic E-state index is 9.01. The Bertz CT molecular complexity index is 469. The Morgan fingerprint density at radius 2 is 2.15 bits per heavy atom. The first kappa shape index (κ1) is 14.8. The van der Waals surface area contributed by atoms with Gasteiger partial charge in [-0.15, -0.1) is 0 Å². The van der Waals surface area contributed by atoms with E-state index in [0.717, 1.165) is 32.7 Å². The van der Waals surface area contributed by atoms with E-state index >= 15 is 0 Å². The van der Waals surface area contributed by atoms with E-state index in [1.807, 2.05) is 18.2 Å².